The molecule has 6 unspecified atom stereocenters. The molecule has 1 aromatic rings. The normalized spacial score (nSPS) is 41.9. The Bertz CT molecular complexity index is 933. The van der Waals surface area contributed by atoms with Gasteiger partial charge in [-0.3, -0.25) is 4.79 Å². The third-order valence-corrected chi connectivity index (χ3v) is 14.4. The van der Waals surface area contributed by atoms with Crippen LogP contribution in [0.2, 0.25) is 0 Å². The molecular formula is C27H39O3PS2. The highest BCUT2D eigenvalue weighted by molar-refractivity contribution is 8.73. The Morgan fingerprint density at radius 1 is 0.879 bits per heavy atom. The van der Waals surface area contributed by atoms with E-state index in [1.807, 2.05) is 30.3 Å². The van der Waals surface area contributed by atoms with Gasteiger partial charge >= 0.3 is 0 Å². The van der Waals surface area contributed by atoms with Gasteiger partial charge in [0, 0.05) is 16.9 Å². The van der Waals surface area contributed by atoms with E-state index in [1.54, 1.807) is 0 Å². The number of hydrogen-bond acceptors (Lipinski definition) is 5. The van der Waals surface area contributed by atoms with E-state index in [1.165, 1.54) is 49.9 Å². The van der Waals surface area contributed by atoms with Crippen LogP contribution >= 0.6 is 17.1 Å². The highest BCUT2D eigenvalue weighted by atomic mass is 32.9. The van der Waals surface area contributed by atoms with Crippen molar-refractivity contribution in [3.05, 3.63) is 35.9 Å². The zero-order valence-electron chi connectivity index (χ0n) is 20.9. The second kappa shape index (κ2) is 7.90. The highest BCUT2D eigenvalue weighted by Gasteiger charge is 2.64. The molecule has 0 amide bonds. The number of carbonyl (C=O) groups is 1. The smallest absolute Gasteiger partial charge is 0.255 e. The van der Waals surface area contributed by atoms with Crippen LogP contribution in [0, 0.1) is 33.5 Å². The lowest BCUT2D eigenvalue weighted by Crippen LogP contribution is -2.44. The van der Waals surface area contributed by atoms with Crippen molar-refractivity contribution in [2.24, 2.45) is 33.5 Å². The van der Waals surface area contributed by atoms with Gasteiger partial charge in [-0.1, -0.05) is 71.9 Å². The molecule has 4 fully saturated rings. The molecule has 1 aromatic carbocycles. The Labute approximate surface area is 209 Å². The van der Waals surface area contributed by atoms with Crippen LogP contribution in [0.15, 0.2) is 30.3 Å². The van der Waals surface area contributed by atoms with Crippen molar-refractivity contribution in [2.75, 3.05) is 0 Å². The molecule has 3 nitrogen and oxygen atoms in total. The van der Waals surface area contributed by atoms with Crippen molar-refractivity contribution in [2.45, 2.75) is 92.3 Å². The molecule has 0 saturated heterocycles. The number of carbonyl (C=O) groups excluding carboxylic acids is 1. The first-order valence-corrected chi connectivity index (χ1v) is 16.6. The van der Waals surface area contributed by atoms with Gasteiger partial charge in [-0.15, -0.1) is 0 Å². The fourth-order valence-electron chi connectivity index (χ4n) is 8.09. The van der Waals surface area contributed by atoms with Crippen LogP contribution in [0.5, 0.6) is 0 Å². The van der Waals surface area contributed by atoms with Crippen LogP contribution < -0.4 is 0 Å². The third-order valence-electron chi connectivity index (χ3n) is 9.95. The SMILES string of the molecule is CC12CCC(C1)C(C)(C)C2OP(=S)(OC1C2(C)CCC(C2)C1(C)C)SC(=O)c1ccccc1. The standard InChI is InChI=1S/C27H39O3PS2/c1-24(2)19-12-14-26(5,16-19)22(24)29-31(32,33-21(28)18-10-8-7-9-11-18)30-23-25(3,4)20-13-15-27(23,6)17-20/h7-11,19-20,22-23H,12-17H2,1-6H3. The average Bonchev–Trinajstić information content (AvgIpc) is 3.43. The first-order chi connectivity index (χ1) is 15.3. The maximum atomic E-state index is 13.4. The summed E-state index contributed by atoms with van der Waals surface area (Å²) in [5, 5.41) is -0.0313. The maximum Gasteiger partial charge on any atom is 0.255 e. The summed E-state index contributed by atoms with van der Waals surface area (Å²) in [6.45, 7) is 14.0. The third kappa shape index (κ3) is 3.93. The Morgan fingerprint density at radius 3 is 1.73 bits per heavy atom. The summed E-state index contributed by atoms with van der Waals surface area (Å²) in [6.07, 6.45) is 7.30. The highest BCUT2D eigenvalue weighted by Crippen LogP contribution is 2.75. The van der Waals surface area contributed by atoms with Gasteiger partial charge in [0.1, 0.15) is 0 Å². The molecule has 0 aromatic heterocycles. The largest absolute Gasteiger partial charge is 0.317 e. The van der Waals surface area contributed by atoms with Gasteiger partial charge in [0.25, 0.3) is 5.69 Å². The molecule has 4 aliphatic carbocycles. The predicted molar refractivity (Wildman–Crippen MR) is 141 cm³/mol. The summed E-state index contributed by atoms with van der Waals surface area (Å²) in [5.74, 6) is 1.31. The van der Waals surface area contributed by atoms with E-state index in [0.29, 0.717) is 17.4 Å². The zero-order valence-corrected chi connectivity index (χ0v) is 23.5. The predicted octanol–water partition coefficient (Wildman–Crippen LogP) is 8.25. The number of benzene rings is 1. The summed E-state index contributed by atoms with van der Waals surface area (Å²) in [4.78, 5) is 13.4. The topological polar surface area (TPSA) is 35.5 Å². The quantitative estimate of drug-likeness (QED) is 0.363. The Hall–Kier alpha value is -0.190. The summed E-state index contributed by atoms with van der Waals surface area (Å²) < 4.78 is 14.0. The minimum absolute atomic E-state index is 0.0279. The maximum absolute atomic E-state index is 13.4. The fraction of sp³-hybridized carbons (Fsp3) is 0.741. The van der Waals surface area contributed by atoms with Crippen molar-refractivity contribution in [1.29, 1.82) is 0 Å². The number of hydrogen-bond donors (Lipinski definition) is 0. The van der Waals surface area contributed by atoms with Gasteiger partial charge in [-0.05, 0) is 83.8 Å². The van der Waals surface area contributed by atoms with Crippen LogP contribution in [-0.4, -0.2) is 17.3 Å². The Balaban J connectivity index is 1.47. The molecule has 6 atom stereocenters. The first kappa shape index (κ1) is 24.5. The van der Waals surface area contributed by atoms with Crippen molar-refractivity contribution < 1.29 is 13.8 Å². The molecule has 4 saturated carbocycles. The van der Waals surface area contributed by atoms with E-state index >= 15 is 0 Å². The average molecular weight is 507 g/mol. The minimum atomic E-state index is -2.94. The summed E-state index contributed by atoms with van der Waals surface area (Å²) in [7, 11) is 0. The molecule has 0 spiro atoms. The molecule has 4 aliphatic rings. The molecule has 0 radical (unpaired) electrons. The number of fused-ring (bicyclic) bond motifs is 4. The Morgan fingerprint density at radius 2 is 1.33 bits per heavy atom. The first-order valence-electron chi connectivity index (χ1n) is 12.5. The molecule has 0 aliphatic heterocycles. The second-order valence-corrected chi connectivity index (χ2v) is 19.0. The lowest BCUT2D eigenvalue weighted by Gasteiger charge is -2.47. The van der Waals surface area contributed by atoms with Crippen molar-refractivity contribution in [3.63, 3.8) is 0 Å². The molecule has 5 rings (SSSR count). The molecule has 6 heteroatoms. The van der Waals surface area contributed by atoms with Crippen molar-refractivity contribution >= 4 is 34.0 Å². The van der Waals surface area contributed by atoms with Gasteiger partial charge in [-0.2, -0.15) is 0 Å². The van der Waals surface area contributed by atoms with Crippen molar-refractivity contribution in [3.8, 4) is 0 Å². The number of rotatable bonds is 6. The van der Waals surface area contributed by atoms with E-state index in [-0.39, 0.29) is 39.0 Å². The molecule has 0 N–H and O–H groups in total. The van der Waals surface area contributed by atoms with Crippen LogP contribution in [0.4, 0.5) is 0 Å². The van der Waals surface area contributed by atoms with E-state index < -0.39 is 5.69 Å². The van der Waals surface area contributed by atoms with Crippen LogP contribution in [0.1, 0.15) is 90.4 Å². The summed E-state index contributed by atoms with van der Waals surface area (Å²) in [5.41, 5.74) is -1.95. The van der Waals surface area contributed by atoms with Crippen LogP contribution in [-0.2, 0) is 20.9 Å². The molecule has 4 bridgehead atoms. The zero-order chi connectivity index (χ0) is 23.9. The molecule has 33 heavy (non-hydrogen) atoms. The van der Waals surface area contributed by atoms with Gasteiger partial charge in [0.2, 0.25) is 5.12 Å². The lowest BCUT2D eigenvalue weighted by molar-refractivity contribution is -0.0447. The minimum Gasteiger partial charge on any atom is -0.317 e. The van der Waals surface area contributed by atoms with E-state index in [9.17, 15) is 4.79 Å². The van der Waals surface area contributed by atoms with E-state index in [2.05, 4.69) is 41.5 Å². The van der Waals surface area contributed by atoms with Gasteiger partial charge < -0.3 is 9.05 Å². The lowest BCUT2D eigenvalue weighted by atomic mass is 9.70. The van der Waals surface area contributed by atoms with Gasteiger partial charge in [0.05, 0.1) is 12.2 Å². The molecular weight excluding hydrogens is 467 g/mol. The van der Waals surface area contributed by atoms with Crippen LogP contribution in [0.3, 0.4) is 0 Å². The summed E-state index contributed by atoms with van der Waals surface area (Å²) in [6, 6.07) is 9.46. The monoisotopic (exact) mass is 506 g/mol. The van der Waals surface area contributed by atoms with Gasteiger partial charge in [-0.25, -0.2) is 0 Å². The van der Waals surface area contributed by atoms with Crippen molar-refractivity contribution in [1.82, 2.24) is 0 Å². The fourth-order valence-corrected chi connectivity index (χ4v) is 13.1. The Kier molecular flexibility index (Phi) is 5.87. The van der Waals surface area contributed by atoms with Gasteiger partial charge in [0.15, 0.2) is 0 Å². The van der Waals surface area contributed by atoms with Crippen LogP contribution in [0.25, 0.3) is 0 Å². The van der Waals surface area contributed by atoms with E-state index in [4.69, 9.17) is 20.9 Å². The molecule has 0 heterocycles. The summed E-state index contributed by atoms with van der Waals surface area (Å²) >= 11 is 7.47. The van der Waals surface area contributed by atoms with E-state index in [0.717, 1.165) is 0 Å². The molecule has 182 valence electrons. The second-order valence-electron chi connectivity index (χ2n) is 13.0.